The topological polar surface area (TPSA) is 50.8 Å². The highest BCUT2D eigenvalue weighted by molar-refractivity contribution is 6.34. The molecule has 2 amide bonds. The highest BCUT2D eigenvalue weighted by Gasteiger charge is 2.14. The summed E-state index contributed by atoms with van der Waals surface area (Å²) in [6.07, 6.45) is 0.657. The summed E-state index contributed by atoms with van der Waals surface area (Å²) < 4.78 is 11.1. The lowest BCUT2D eigenvalue weighted by Gasteiger charge is -2.21. The number of carbonyl (C=O) groups excluding carboxylic acids is 1. The minimum absolute atomic E-state index is 0.145. The van der Waals surface area contributed by atoms with Crippen LogP contribution in [0.15, 0.2) is 36.4 Å². The standard InChI is InChI=1S/C19H20Cl2N2O3/c1-23(12-14-2-3-17-18(10-14)26-7-6-25-17)19(24)22-5-4-13-8-15(20)11-16(21)9-13/h2-3,8-11H,4-7,12H2,1H3,(H,22,24). The van der Waals surface area contributed by atoms with Crippen LogP contribution in [0.25, 0.3) is 0 Å². The van der Waals surface area contributed by atoms with E-state index >= 15 is 0 Å². The van der Waals surface area contributed by atoms with Gasteiger partial charge in [-0.25, -0.2) is 4.79 Å². The van der Waals surface area contributed by atoms with Crippen molar-refractivity contribution in [2.24, 2.45) is 0 Å². The second kappa shape index (κ2) is 8.52. The van der Waals surface area contributed by atoms with Gasteiger partial charge in [-0.1, -0.05) is 29.3 Å². The van der Waals surface area contributed by atoms with Gasteiger partial charge >= 0.3 is 6.03 Å². The van der Waals surface area contributed by atoms with Crippen molar-refractivity contribution in [1.82, 2.24) is 10.2 Å². The van der Waals surface area contributed by atoms with E-state index in [2.05, 4.69) is 5.32 Å². The maximum absolute atomic E-state index is 12.3. The van der Waals surface area contributed by atoms with Crippen LogP contribution in [0.4, 0.5) is 4.79 Å². The number of benzene rings is 2. The molecule has 7 heteroatoms. The third kappa shape index (κ3) is 4.96. The Kier molecular flexibility index (Phi) is 6.12. The molecule has 26 heavy (non-hydrogen) atoms. The average Bonchev–Trinajstić information content (AvgIpc) is 2.60. The summed E-state index contributed by atoms with van der Waals surface area (Å²) in [5.41, 5.74) is 1.96. The van der Waals surface area contributed by atoms with Crippen molar-refractivity contribution in [2.75, 3.05) is 26.8 Å². The fourth-order valence-electron chi connectivity index (χ4n) is 2.74. The molecular formula is C19H20Cl2N2O3. The van der Waals surface area contributed by atoms with E-state index in [0.29, 0.717) is 42.8 Å². The third-order valence-electron chi connectivity index (χ3n) is 3.99. The Morgan fingerprint density at radius 1 is 1.04 bits per heavy atom. The number of fused-ring (bicyclic) bond motifs is 1. The van der Waals surface area contributed by atoms with Crippen molar-refractivity contribution in [2.45, 2.75) is 13.0 Å². The van der Waals surface area contributed by atoms with Gasteiger partial charge in [-0.3, -0.25) is 0 Å². The van der Waals surface area contributed by atoms with Gasteiger partial charge in [-0.05, 0) is 47.9 Å². The van der Waals surface area contributed by atoms with Crippen LogP contribution < -0.4 is 14.8 Å². The molecule has 1 aliphatic rings. The second-order valence-electron chi connectivity index (χ2n) is 6.09. The van der Waals surface area contributed by atoms with Crippen molar-refractivity contribution in [3.8, 4) is 11.5 Å². The Hall–Kier alpha value is -2.11. The molecule has 0 atom stereocenters. The summed E-state index contributed by atoms with van der Waals surface area (Å²) in [6, 6.07) is 11.0. The monoisotopic (exact) mass is 394 g/mol. The van der Waals surface area contributed by atoms with Gasteiger partial charge < -0.3 is 19.7 Å². The van der Waals surface area contributed by atoms with Gasteiger partial charge in [0.2, 0.25) is 0 Å². The molecule has 1 N–H and O–H groups in total. The van der Waals surface area contributed by atoms with E-state index in [4.69, 9.17) is 32.7 Å². The highest BCUT2D eigenvalue weighted by atomic mass is 35.5. The lowest BCUT2D eigenvalue weighted by atomic mass is 10.1. The maximum atomic E-state index is 12.3. The van der Waals surface area contributed by atoms with Gasteiger partial charge in [0.05, 0.1) is 0 Å². The first-order chi connectivity index (χ1) is 12.5. The van der Waals surface area contributed by atoms with Gasteiger partial charge in [0.15, 0.2) is 11.5 Å². The number of carbonyl (C=O) groups is 1. The van der Waals surface area contributed by atoms with Gasteiger partial charge in [0.1, 0.15) is 13.2 Å². The molecule has 138 valence electrons. The fourth-order valence-corrected chi connectivity index (χ4v) is 3.31. The molecule has 0 saturated carbocycles. The Morgan fingerprint density at radius 2 is 1.73 bits per heavy atom. The third-order valence-corrected chi connectivity index (χ3v) is 4.42. The predicted octanol–water partition coefficient (Wildman–Crippen LogP) is 4.15. The van der Waals surface area contributed by atoms with E-state index in [9.17, 15) is 4.79 Å². The molecule has 0 saturated heterocycles. The van der Waals surface area contributed by atoms with Gasteiger partial charge in [-0.15, -0.1) is 0 Å². The second-order valence-corrected chi connectivity index (χ2v) is 6.97. The van der Waals surface area contributed by atoms with Crippen LogP contribution in [0.3, 0.4) is 0 Å². The molecular weight excluding hydrogens is 375 g/mol. The van der Waals surface area contributed by atoms with Crippen molar-refractivity contribution in [3.05, 3.63) is 57.6 Å². The lowest BCUT2D eigenvalue weighted by molar-refractivity contribution is 0.171. The first kappa shape index (κ1) is 18.7. The summed E-state index contributed by atoms with van der Waals surface area (Å²) in [5, 5.41) is 4.08. The van der Waals surface area contributed by atoms with Gasteiger partial charge in [0, 0.05) is 30.2 Å². The number of halogens is 2. The maximum Gasteiger partial charge on any atom is 0.317 e. The summed E-state index contributed by atoms with van der Waals surface area (Å²) in [5.74, 6) is 1.47. The fraction of sp³-hybridized carbons (Fsp3) is 0.316. The van der Waals surface area contributed by atoms with Crippen molar-refractivity contribution < 1.29 is 14.3 Å². The van der Waals surface area contributed by atoms with Crippen LogP contribution in [-0.4, -0.2) is 37.7 Å². The zero-order chi connectivity index (χ0) is 18.5. The van der Waals surface area contributed by atoms with E-state index in [-0.39, 0.29) is 6.03 Å². The number of hydrogen-bond acceptors (Lipinski definition) is 3. The highest BCUT2D eigenvalue weighted by Crippen LogP contribution is 2.31. The number of nitrogens with zero attached hydrogens (tertiary/aromatic N) is 1. The predicted molar refractivity (Wildman–Crippen MR) is 102 cm³/mol. The molecule has 2 aromatic carbocycles. The number of hydrogen-bond donors (Lipinski definition) is 1. The van der Waals surface area contributed by atoms with E-state index in [1.807, 2.05) is 30.3 Å². The molecule has 0 unspecified atom stereocenters. The zero-order valence-electron chi connectivity index (χ0n) is 14.4. The van der Waals surface area contributed by atoms with E-state index in [0.717, 1.165) is 22.6 Å². The molecule has 0 aromatic heterocycles. The number of amides is 2. The summed E-state index contributed by atoms with van der Waals surface area (Å²) in [6.45, 7) is 2.08. The van der Waals surface area contributed by atoms with Gasteiger partial charge in [-0.2, -0.15) is 0 Å². The van der Waals surface area contributed by atoms with Crippen LogP contribution in [0.5, 0.6) is 11.5 Å². The number of nitrogens with one attached hydrogen (secondary N) is 1. The Balaban J connectivity index is 1.50. The Morgan fingerprint density at radius 3 is 2.46 bits per heavy atom. The Labute approximate surface area is 162 Å². The van der Waals surface area contributed by atoms with Crippen LogP contribution in [-0.2, 0) is 13.0 Å². The Bertz CT molecular complexity index is 778. The van der Waals surface area contributed by atoms with E-state index < -0.39 is 0 Å². The van der Waals surface area contributed by atoms with Crippen molar-refractivity contribution in [3.63, 3.8) is 0 Å². The minimum atomic E-state index is -0.145. The SMILES string of the molecule is CN(Cc1ccc2c(c1)OCCO2)C(=O)NCCc1cc(Cl)cc(Cl)c1. The molecule has 0 bridgehead atoms. The first-order valence-corrected chi connectivity index (χ1v) is 9.09. The molecule has 5 nitrogen and oxygen atoms in total. The van der Waals surface area contributed by atoms with Crippen LogP contribution in [0, 0.1) is 0 Å². The smallest absolute Gasteiger partial charge is 0.317 e. The van der Waals surface area contributed by atoms with Gasteiger partial charge in [0.25, 0.3) is 0 Å². The van der Waals surface area contributed by atoms with Crippen LogP contribution in [0.1, 0.15) is 11.1 Å². The molecule has 1 heterocycles. The molecule has 0 spiro atoms. The van der Waals surface area contributed by atoms with E-state index in [1.54, 1.807) is 18.0 Å². The summed E-state index contributed by atoms with van der Waals surface area (Å²) in [7, 11) is 1.75. The summed E-state index contributed by atoms with van der Waals surface area (Å²) >= 11 is 12.0. The van der Waals surface area contributed by atoms with E-state index in [1.165, 1.54) is 0 Å². The molecule has 0 radical (unpaired) electrons. The van der Waals surface area contributed by atoms with Crippen molar-refractivity contribution >= 4 is 29.2 Å². The molecule has 1 aliphatic heterocycles. The van der Waals surface area contributed by atoms with Crippen molar-refractivity contribution in [1.29, 1.82) is 0 Å². The minimum Gasteiger partial charge on any atom is -0.486 e. The quantitative estimate of drug-likeness (QED) is 0.828. The lowest BCUT2D eigenvalue weighted by Crippen LogP contribution is -2.37. The largest absolute Gasteiger partial charge is 0.486 e. The van der Waals surface area contributed by atoms with Crippen LogP contribution in [0.2, 0.25) is 10.0 Å². The molecule has 0 fully saturated rings. The molecule has 0 aliphatic carbocycles. The first-order valence-electron chi connectivity index (χ1n) is 8.34. The number of ether oxygens (including phenoxy) is 2. The van der Waals surface area contributed by atoms with Crippen LogP contribution >= 0.6 is 23.2 Å². The molecule has 3 rings (SSSR count). The molecule has 2 aromatic rings. The average molecular weight is 395 g/mol. The number of rotatable bonds is 5. The zero-order valence-corrected chi connectivity index (χ0v) is 15.9. The summed E-state index contributed by atoms with van der Waals surface area (Å²) in [4.78, 5) is 13.9. The normalized spacial score (nSPS) is 12.6. The number of urea groups is 1.